The number of rotatable bonds is 8. The van der Waals surface area contributed by atoms with Crippen LogP contribution in [0, 0.1) is 11.3 Å². The summed E-state index contributed by atoms with van der Waals surface area (Å²) in [6, 6.07) is 7.55. The van der Waals surface area contributed by atoms with Crippen LogP contribution in [0.3, 0.4) is 0 Å². The molecule has 2 rings (SSSR count). The molecule has 158 valence electrons. The van der Waals surface area contributed by atoms with E-state index >= 15 is 0 Å². The molecule has 0 N–H and O–H groups in total. The topological polar surface area (TPSA) is 69.7 Å². The van der Waals surface area contributed by atoms with E-state index < -0.39 is 11.0 Å². The summed E-state index contributed by atoms with van der Waals surface area (Å²) >= 11 is 0. The zero-order valence-corrected chi connectivity index (χ0v) is 17.9. The Balaban J connectivity index is 2.33. The molecule has 1 aromatic carbocycles. The molecule has 5 nitrogen and oxygen atoms in total. The van der Waals surface area contributed by atoms with Crippen LogP contribution in [-0.2, 0) is 19.1 Å². The third-order valence-electron chi connectivity index (χ3n) is 5.65. The predicted octanol–water partition coefficient (Wildman–Crippen LogP) is 4.85. The lowest BCUT2D eigenvalue weighted by molar-refractivity contribution is -0.161. The largest absolute Gasteiger partial charge is 0.467 e. The van der Waals surface area contributed by atoms with Crippen LogP contribution in [-0.4, -0.2) is 30.9 Å². The van der Waals surface area contributed by atoms with Gasteiger partial charge in [0, 0.05) is 11.0 Å². The van der Waals surface area contributed by atoms with Crippen LogP contribution in [0.15, 0.2) is 36.4 Å². The first-order chi connectivity index (χ1) is 13.6. The van der Waals surface area contributed by atoms with Gasteiger partial charge in [-0.2, -0.15) is 0 Å². The Kier molecular flexibility index (Phi) is 7.39. The van der Waals surface area contributed by atoms with Crippen LogP contribution >= 0.6 is 0 Å². The lowest BCUT2D eigenvalue weighted by Gasteiger charge is -2.44. The van der Waals surface area contributed by atoms with E-state index in [4.69, 9.17) is 9.47 Å². The Hall–Kier alpha value is -2.43. The van der Waals surface area contributed by atoms with E-state index in [1.54, 1.807) is 0 Å². The average molecular weight is 401 g/mol. The fourth-order valence-corrected chi connectivity index (χ4v) is 4.37. The van der Waals surface area contributed by atoms with Crippen molar-refractivity contribution in [2.45, 2.75) is 64.9 Å². The summed E-state index contributed by atoms with van der Waals surface area (Å²) in [6.45, 7) is 12.3. The second kappa shape index (κ2) is 9.38. The number of esters is 1. The summed E-state index contributed by atoms with van der Waals surface area (Å²) in [4.78, 5) is 34.5. The van der Waals surface area contributed by atoms with Gasteiger partial charge in [-0.25, -0.2) is 0 Å². The zero-order chi connectivity index (χ0) is 21.7. The van der Waals surface area contributed by atoms with Gasteiger partial charge < -0.3 is 9.47 Å². The molecule has 0 unspecified atom stereocenters. The molecule has 0 aromatic heterocycles. The van der Waals surface area contributed by atoms with Crippen LogP contribution in [0.5, 0.6) is 0 Å². The van der Waals surface area contributed by atoms with Gasteiger partial charge in [0.05, 0.1) is 13.0 Å². The van der Waals surface area contributed by atoms with Crippen LogP contribution in [0.2, 0.25) is 0 Å². The molecule has 0 spiro atoms. The molecule has 3 atom stereocenters. The van der Waals surface area contributed by atoms with Gasteiger partial charge >= 0.3 is 5.97 Å². The Bertz CT molecular complexity index is 744. The van der Waals surface area contributed by atoms with Crippen LogP contribution in [0.4, 0.5) is 0 Å². The Morgan fingerprint density at radius 1 is 1.24 bits per heavy atom. The van der Waals surface area contributed by atoms with E-state index in [2.05, 4.69) is 6.58 Å². The van der Waals surface area contributed by atoms with Gasteiger partial charge in [0.15, 0.2) is 0 Å². The molecule has 29 heavy (non-hydrogen) atoms. The molecule has 1 fully saturated rings. The van der Waals surface area contributed by atoms with Crippen molar-refractivity contribution >= 4 is 18.7 Å². The maximum Gasteiger partial charge on any atom is 0.307 e. The number of carbonyl (C=O) groups excluding carboxylic acids is 3. The highest BCUT2D eigenvalue weighted by Crippen LogP contribution is 2.51. The second-order valence-corrected chi connectivity index (χ2v) is 9.26. The molecule has 1 aliphatic rings. The van der Waals surface area contributed by atoms with Gasteiger partial charge in [0.1, 0.15) is 11.9 Å². The molecule has 1 saturated carbocycles. The summed E-state index contributed by atoms with van der Waals surface area (Å²) in [5.74, 6) is 0.107. The highest BCUT2D eigenvalue weighted by Gasteiger charge is 2.44. The second-order valence-electron chi connectivity index (χ2n) is 9.26. The smallest absolute Gasteiger partial charge is 0.307 e. The number of allylic oxidation sites excluding steroid dienone is 1. The van der Waals surface area contributed by atoms with Gasteiger partial charge in [-0.15, -0.1) is 0 Å². The summed E-state index contributed by atoms with van der Waals surface area (Å²) in [7, 11) is 0. The summed E-state index contributed by atoms with van der Waals surface area (Å²) in [5.41, 5.74) is 1.77. The van der Waals surface area contributed by atoms with Crippen LogP contribution in [0.25, 0.3) is 0 Å². The van der Waals surface area contributed by atoms with Gasteiger partial charge in [-0.05, 0) is 64.4 Å². The lowest BCUT2D eigenvalue weighted by Crippen LogP contribution is -2.39. The van der Waals surface area contributed by atoms with Crippen molar-refractivity contribution in [1.29, 1.82) is 0 Å². The maximum atomic E-state index is 12.6. The fraction of sp³-hybridized carbons (Fsp3) is 0.542. The molecule has 5 heteroatoms. The summed E-state index contributed by atoms with van der Waals surface area (Å²) < 4.78 is 10.7. The molecule has 0 heterocycles. The lowest BCUT2D eigenvalue weighted by atomic mass is 9.61. The molecular weight excluding hydrogens is 368 g/mol. The number of carbonyl (C=O) groups is 3. The number of ether oxygens (including phenoxy) is 2. The highest BCUT2D eigenvalue weighted by molar-refractivity contribution is 5.74. The number of hydrogen-bond donors (Lipinski definition) is 0. The van der Waals surface area contributed by atoms with Crippen molar-refractivity contribution in [3.05, 3.63) is 47.5 Å². The number of aldehydes is 1. The normalized spacial score (nSPS) is 24.4. The van der Waals surface area contributed by atoms with Crippen LogP contribution in [0.1, 0.15) is 75.2 Å². The monoisotopic (exact) mass is 400 g/mol. The first-order valence-corrected chi connectivity index (χ1v) is 10.1. The van der Waals surface area contributed by atoms with Crippen molar-refractivity contribution in [2.75, 3.05) is 6.61 Å². The molecule has 0 radical (unpaired) electrons. The van der Waals surface area contributed by atoms with Gasteiger partial charge in [0.2, 0.25) is 0 Å². The van der Waals surface area contributed by atoms with E-state index in [0.29, 0.717) is 18.5 Å². The van der Waals surface area contributed by atoms with E-state index in [1.165, 1.54) is 0 Å². The Morgan fingerprint density at radius 2 is 1.90 bits per heavy atom. The Labute approximate surface area is 173 Å². The quantitative estimate of drug-likeness (QED) is 0.354. The van der Waals surface area contributed by atoms with E-state index in [0.717, 1.165) is 30.3 Å². The summed E-state index contributed by atoms with van der Waals surface area (Å²) in [6.07, 6.45) is 3.30. The molecule has 0 aliphatic heterocycles. The Morgan fingerprint density at radius 3 is 2.41 bits per heavy atom. The molecule has 1 aliphatic carbocycles. The van der Waals surface area contributed by atoms with Crippen molar-refractivity contribution < 1.29 is 23.9 Å². The molecular formula is C24H32O5. The molecule has 0 saturated heterocycles. The predicted molar refractivity (Wildman–Crippen MR) is 112 cm³/mol. The third kappa shape index (κ3) is 6.28. The fourth-order valence-electron chi connectivity index (χ4n) is 4.37. The van der Waals surface area contributed by atoms with E-state index in [-0.39, 0.29) is 30.8 Å². The number of hydrogen-bond acceptors (Lipinski definition) is 5. The molecule has 0 amide bonds. The van der Waals surface area contributed by atoms with E-state index in [1.807, 2.05) is 52.0 Å². The number of benzene rings is 1. The summed E-state index contributed by atoms with van der Waals surface area (Å²) in [5, 5.41) is 0. The van der Waals surface area contributed by atoms with Crippen molar-refractivity contribution in [1.82, 2.24) is 0 Å². The first kappa shape index (κ1) is 22.9. The van der Waals surface area contributed by atoms with Crippen LogP contribution < -0.4 is 0 Å². The van der Waals surface area contributed by atoms with Crippen molar-refractivity contribution in [2.24, 2.45) is 11.3 Å². The van der Waals surface area contributed by atoms with Gasteiger partial charge in [-0.1, -0.05) is 36.4 Å². The maximum absolute atomic E-state index is 12.6. The standard InChI is InChI=1S/C24H32O5/c1-17(2)20-10-11-24(15-28-16-26,13-22(27)29-23(3,4)5)12-21(20)19-8-6-18(14-25)7-9-19/h6-9,14,16,20-21H,1,10-13,15H2,2-5H3/t20-,21-,24-/m0/s1. The van der Waals surface area contributed by atoms with E-state index in [9.17, 15) is 14.4 Å². The van der Waals surface area contributed by atoms with Gasteiger partial charge in [-0.3, -0.25) is 14.4 Å². The SMILES string of the molecule is C=C(C)[C@@H]1CC[C@@](COC=O)(CC(=O)OC(C)(C)C)C[C@H]1c1ccc(C=O)cc1. The zero-order valence-electron chi connectivity index (χ0n) is 17.9. The van der Waals surface area contributed by atoms with Gasteiger partial charge in [0.25, 0.3) is 6.47 Å². The highest BCUT2D eigenvalue weighted by atomic mass is 16.6. The van der Waals surface area contributed by atoms with Crippen molar-refractivity contribution in [3.8, 4) is 0 Å². The van der Waals surface area contributed by atoms with Crippen molar-refractivity contribution in [3.63, 3.8) is 0 Å². The third-order valence-corrected chi connectivity index (χ3v) is 5.65. The minimum Gasteiger partial charge on any atom is -0.467 e. The minimum atomic E-state index is -0.567. The molecule has 1 aromatic rings. The first-order valence-electron chi connectivity index (χ1n) is 10.1. The average Bonchev–Trinajstić information content (AvgIpc) is 2.64. The minimum absolute atomic E-state index is 0.125. The molecule has 0 bridgehead atoms.